The van der Waals surface area contributed by atoms with Gasteiger partial charge in [-0.1, -0.05) is 30.3 Å². The summed E-state index contributed by atoms with van der Waals surface area (Å²) in [6.07, 6.45) is 0. The molecule has 0 spiro atoms. The van der Waals surface area contributed by atoms with E-state index in [1.54, 1.807) is 18.2 Å². The highest BCUT2D eigenvalue weighted by atomic mass is 16.5. The first-order chi connectivity index (χ1) is 9.72. The standard InChI is InChI=1S/C15H13N3O2/c16-11-6-7-13-12(8-11)14(19)18-15(17-13)20-9-10-4-2-1-3-5-10/h1-8H,9,16H2,(H,17,18,19). The molecule has 2 aromatic carbocycles. The summed E-state index contributed by atoms with van der Waals surface area (Å²) in [6, 6.07) is 14.9. The van der Waals surface area contributed by atoms with Crippen LogP contribution in [0.4, 0.5) is 5.69 Å². The highest BCUT2D eigenvalue weighted by Crippen LogP contribution is 2.14. The normalized spacial score (nSPS) is 10.6. The lowest BCUT2D eigenvalue weighted by Crippen LogP contribution is -2.11. The first-order valence-corrected chi connectivity index (χ1v) is 6.19. The Morgan fingerprint density at radius 2 is 1.95 bits per heavy atom. The molecule has 3 aromatic rings. The molecular weight excluding hydrogens is 254 g/mol. The quantitative estimate of drug-likeness (QED) is 0.712. The molecule has 0 aliphatic heterocycles. The van der Waals surface area contributed by atoms with Gasteiger partial charge in [-0.2, -0.15) is 4.98 Å². The average Bonchev–Trinajstić information content (AvgIpc) is 2.47. The molecule has 0 saturated heterocycles. The van der Waals surface area contributed by atoms with Crippen LogP contribution in [0, 0.1) is 0 Å². The number of H-pyrrole nitrogens is 1. The van der Waals surface area contributed by atoms with Gasteiger partial charge in [0.25, 0.3) is 11.6 Å². The van der Waals surface area contributed by atoms with Crippen LogP contribution in [0.25, 0.3) is 10.9 Å². The van der Waals surface area contributed by atoms with E-state index in [4.69, 9.17) is 10.5 Å². The summed E-state index contributed by atoms with van der Waals surface area (Å²) in [4.78, 5) is 18.8. The van der Waals surface area contributed by atoms with E-state index < -0.39 is 0 Å². The van der Waals surface area contributed by atoms with Gasteiger partial charge in [0.15, 0.2) is 0 Å². The SMILES string of the molecule is Nc1ccc2nc(OCc3ccccc3)[nH]c(=O)c2c1. The van der Waals surface area contributed by atoms with Crippen LogP contribution in [0.15, 0.2) is 53.3 Å². The van der Waals surface area contributed by atoms with Crippen LogP contribution in [0.1, 0.15) is 5.56 Å². The molecule has 1 aromatic heterocycles. The fourth-order valence-corrected chi connectivity index (χ4v) is 1.93. The molecule has 0 aliphatic rings. The van der Waals surface area contributed by atoms with E-state index >= 15 is 0 Å². The van der Waals surface area contributed by atoms with Crippen molar-refractivity contribution in [2.45, 2.75) is 6.61 Å². The third-order valence-electron chi connectivity index (χ3n) is 2.93. The van der Waals surface area contributed by atoms with Crippen molar-refractivity contribution in [1.29, 1.82) is 0 Å². The molecule has 5 nitrogen and oxygen atoms in total. The molecule has 0 radical (unpaired) electrons. The van der Waals surface area contributed by atoms with Gasteiger partial charge in [0.1, 0.15) is 6.61 Å². The second kappa shape index (κ2) is 5.05. The molecule has 0 saturated carbocycles. The van der Waals surface area contributed by atoms with E-state index in [0.29, 0.717) is 23.2 Å². The van der Waals surface area contributed by atoms with Gasteiger partial charge in [0.2, 0.25) is 0 Å². The monoisotopic (exact) mass is 267 g/mol. The van der Waals surface area contributed by atoms with Crippen LogP contribution in [0.5, 0.6) is 6.01 Å². The van der Waals surface area contributed by atoms with Gasteiger partial charge in [0, 0.05) is 5.69 Å². The molecule has 5 heteroatoms. The van der Waals surface area contributed by atoms with E-state index in [0.717, 1.165) is 5.56 Å². The number of ether oxygens (including phenoxy) is 1. The smallest absolute Gasteiger partial charge is 0.297 e. The van der Waals surface area contributed by atoms with Crippen molar-refractivity contribution < 1.29 is 4.74 Å². The van der Waals surface area contributed by atoms with E-state index in [2.05, 4.69) is 9.97 Å². The molecule has 1 heterocycles. The zero-order chi connectivity index (χ0) is 13.9. The molecule has 0 unspecified atom stereocenters. The fraction of sp³-hybridized carbons (Fsp3) is 0.0667. The molecule has 0 aliphatic carbocycles. The zero-order valence-corrected chi connectivity index (χ0v) is 10.7. The van der Waals surface area contributed by atoms with E-state index in [-0.39, 0.29) is 11.6 Å². The number of aromatic nitrogens is 2. The molecule has 0 fully saturated rings. The summed E-state index contributed by atoms with van der Waals surface area (Å²) in [6.45, 7) is 0.351. The van der Waals surface area contributed by atoms with Gasteiger partial charge in [-0.15, -0.1) is 0 Å². The number of nitrogens with two attached hydrogens (primary N) is 1. The molecule has 20 heavy (non-hydrogen) atoms. The molecule has 0 bridgehead atoms. The van der Waals surface area contributed by atoms with Crippen molar-refractivity contribution in [3.8, 4) is 6.01 Å². The number of aromatic amines is 1. The van der Waals surface area contributed by atoms with Crippen LogP contribution in [0.3, 0.4) is 0 Å². The number of nitrogen functional groups attached to an aromatic ring is 1. The minimum atomic E-state index is -0.259. The summed E-state index contributed by atoms with van der Waals surface area (Å²) >= 11 is 0. The summed E-state index contributed by atoms with van der Waals surface area (Å²) in [5, 5.41) is 0.456. The van der Waals surface area contributed by atoms with Crippen LogP contribution in [-0.4, -0.2) is 9.97 Å². The van der Waals surface area contributed by atoms with Crippen molar-refractivity contribution >= 4 is 16.6 Å². The van der Waals surface area contributed by atoms with Crippen molar-refractivity contribution in [3.63, 3.8) is 0 Å². The van der Waals surface area contributed by atoms with Crippen molar-refractivity contribution in [2.75, 3.05) is 5.73 Å². The number of fused-ring (bicyclic) bond motifs is 1. The van der Waals surface area contributed by atoms with Gasteiger partial charge < -0.3 is 10.5 Å². The van der Waals surface area contributed by atoms with Gasteiger partial charge in [-0.3, -0.25) is 9.78 Å². The van der Waals surface area contributed by atoms with Gasteiger partial charge in [-0.25, -0.2) is 0 Å². The number of rotatable bonds is 3. The van der Waals surface area contributed by atoms with Crippen molar-refractivity contribution in [1.82, 2.24) is 9.97 Å². The fourth-order valence-electron chi connectivity index (χ4n) is 1.93. The third kappa shape index (κ3) is 2.47. The number of anilines is 1. The largest absolute Gasteiger partial charge is 0.460 e. The molecule has 0 amide bonds. The third-order valence-corrected chi connectivity index (χ3v) is 2.93. The van der Waals surface area contributed by atoms with Gasteiger partial charge in [-0.05, 0) is 23.8 Å². The Balaban J connectivity index is 1.89. The minimum Gasteiger partial charge on any atom is -0.460 e. The number of nitrogens with one attached hydrogen (secondary N) is 1. The van der Waals surface area contributed by atoms with Gasteiger partial charge in [0.05, 0.1) is 10.9 Å². The molecule has 0 atom stereocenters. The maximum absolute atomic E-state index is 11.9. The zero-order valence-electron chi connectivity index (χ0n) is 10.7. The number of benzene rings is 2. The molecule has 100 valence electrons. The predicted molar refractivity (Wildman–Crippen MR) is 77.6 cm³/mol. The maximum atomic E-state index is 11.9. The average molecular weight is 267 g/mol. The van der Waals surface area contributed by atoms with Crippen molar-refractivity contribution in [3.05, 3.63) is 64.4 Å². The predicted octanol–water partition coefficient (Wildman–Crippen LogP) is 2.08. The summed E-state index contributed by atoms with van der Waals surface area (Å²) in [5.74, 6) is 0. The maximum Gasteiger partial charge on any atom is 0.297 e. The van der Waals surface area contributed by atoms with Crippen LogP contribution in [-0.2, 0) is 6.61 Å². The van der Waals surface area contributed by atoms with E-state index in [9.17, 15) is 4.79 Å². The molecular formula is C15H13N3O2. The topological polar surface area (TPSA) is 81.0 Å². The summed E-state index contributed by atoms with van der Waals surface area (Å²) < 4.78 is 5.51. The Morgan fingerprint density at radius 3 is 2.75 bits per heavy atom. The second-order valence-corrected chi connectivity index (χ2v) is 4.42. The molecule has 3 N–H and O–H groups in total. The highest BCUT2D eigenvalue weighted by molar-refractivity contribution is 5.81. The Bertz CT molecular complexity index is 797. The van der Waals surface area contributed by atoms with E-state index in [1.165, 1.54) is 0 Å². The van der Waals surface area contributed by atoms with Crippen LogP contribution < -0.4 is 16.0 Å². The second-order valence-electron chi connectivity index (χ2n) is 4.42. The first kappa shape index (κ1) is 12.2. The van der Waals surface area contributed by atoms with Crippen LogP contribution >= 0.6 is 0 Å². The number of hydrogen-bond acceptors (Lipinski definition) is 4. The van der Waals surface area contributed by atoms with Crippen molar-refractivity contribution in [2.24, 2.45) is 0 Å². The lowest BCUT2D eigenvalue weighted by molar-refractivity contribution is 0.281. The molecule has 3 rings (SSSR count). The van der Waals surface area contributed by atoms with Gasteiger partial charge >= 0.3 is 0 Å². The van der Waals surface area contributed by atoms with E-state index in [1.807, 2.05) is 30.3 Å². The lowest BCUT2D eigenvalue weighted by atomic mass is 10.2. The summed E-state index contributed by atoms with van der Waals surface area (Å²) in [7, 11) is 0. The van der Waals surface area contributed by atoms with Crippen LogP contribution in [0.2, 0.25) is 0 Å². The Labute approximate surface area is 115 Å². The summed E-state index contributed by atoms with van der Waals surface area (Å²) in [5.41, 5.74) is 7.49. The number of hydrogen-bond donors (Lipinski definition) is 2. The first-order valence-electron chi connectivity index (χ1n) is 6.19. The lowest BCUT2D eigenvalue weighted by Gasteiger charge is -2.06. The Kier molecular flexibility index (Phi) is 3.09. The highest BCUT2D eigenvalue weighted by Gasteiger charge is 2.05. The Hall–Kier alpha value is -2.82. The minimum absolute atomic E-state index is 0.205. The number of nitrogens with zero attached hydrogens (tertiary/aromatic N) is 1. The Morgan fingerprint density at radius 1 is 1.15 bits per heavy atom.